The van der Waals surface area contributed by atoms with Crippen LogP contribution in [0.3, 0.4) is 0 Å². The lowest BCUT2D eigenvalue weighted by Gasteiger charge is -2.22. The Bertz CT molecular complexity index is 1110. The van der Waals surface area contributed by atoms with Gasteiger partial charge in [-0.1, -0.05) is 54.6 Å². The van der Waals surface area contributed by atoms with Crippen molar-refractivity contribution in [1.29, 1.82) is 0 Å². The van der Waals surface area contributed by atoms with Crippen LogP contribution < -0.4 is 14.4 Å². The number of para-hydroxylation sites is 1. The van der Waals surface area contributed by atoms with Crippen molar-refractivity contribution >= 4 is 27.3 Å². The minimum atomic E-state index is -3.68. The lowest BCUT2D eigenvalue weighted by atomic mass is 10.0. The van der Waals surface area contributed by atoms with Crippen LogP contribution in [0.25, 0.3) is 11.1 Å². The zero-order valence-electron chi connectivity index (χ0n) is 16.9. The summed E-state index contributed by atoms with van der Waals surface area (Å²) in [6.07, 6.45) is 1.07. The number of anilines is 2. The Balaban J connectivity index is 1.84. The molecule has 0 atom stereocenters. The molecular formula is C23H24N2O4S. The van der Waals surface area contributed by atoms with Gasteiger partial charge < -0.3 is 10.1 Å². The van der Waals surface area contributed by atoms with E-state index in [1.807, 2.05) is 55.5 Å². The number of nitrogens with zero attached hydrogens (tertiary/aromatic N) is 1. The van der Waals surface area contributed by atoms with E-state index in [0.717, 1.165) is 21.7 Å². The number of nitrogens with one attached hydrogen (secondary N) is 1. The van der Waals surface area contributed by atoms with Gasteiger partial charge in [-0.25, -0.2) is 8.42 Å². The van der Waals surface area contributed by atoms with Gasteiger partial charge in [0.1, 0.15) is 12.3 Å². The molecule has 0 saturated carbocycles. The maximum atomic E-state index is 12.8. The van der Waals surface area contributed by atoms with Gasteiger partial charge in [0.15, 0.2) is 0 Å². The van der Waals surface area contributed by atoms with Crippen LogP contribution in [0, 0.1) is 0 Å². The van der Waals surface area contributed by atoms with E-state index in [9.17, 15) is 13.2 Å². The van der Waals surface area contributed by atoms with Crippen LogP contribution in [0.15, 0.2) is 78.9 Å². The fraction of sp³-hybridized carbons (Fsp3) is 0.174. The molecule has 0 aliphatic carbocycles. The molecule has 1 N–H and O–H groups in total. The van der Waals surface area contributed by atoms with Crippen molar-refractivity contribution in [2.75, 3.05) is 29.0 Å². The molecule has 1 amide bonds. The highest BCUT2D eigenvalue weighted by atomic mass is 32.2. The minimum Gasteiger partial charge on any atom is -0.494 e. The van der Waals surface area contributed by atoms with Gasteiger partial charge in [0, 0.05) is 17.3 Å². The first-order chi connectivity index (χ1) is 14.4. The van der Waals surface area contributed by atoms with Gasteiger partial charge in [0.2, 0.25) is 15.9 Å². The second-order valence-electron chi connectivity index (χ2n) is 6.66. The molecule has 3 rings (SSSR count). The number of hydrogen-bond donors (Lipinski definition) is 1. The predicted molar refractivity (Wildman–Crippen MR) is 120 cm³/mol. The van der Waals surface area contributed by atoms with Crippen LogP contribution in [0.4, 0.5) is 11.4 Å². The molecule has 0 aromatic heterocycles. The maximum Gasteiger partial charge on any atom is 0.245 e. The van der Waals surface area contributed by atoms with Gasteiger partial charge in [-0.2, -0.15) is 0 Å². The van der Waals surface area contributed by atoms with Crippen molar-refractivity contribution in [3.63, 3.8) is 0 Å². The third kappa shape index (κ3) is 5.39. The molecule has 0 spiro atoms. The summed E-state index contributed by atoms with van der Waals surface area (Å²) in [5, 5.41) is 2.84. The Morgan fingerprint density at radius 1 is 0.967 bits per heavy atom. The van der Waals surface area contributed by atoms with Crippen LogP contribution in [0.2, 0.25) is 0 Å². The van der Waals surface area contributed by atoms with Crippen LogP contribution in [-0.2, 0) is 14.8 Å². The number of rotatable bonds is 8. The van der Waals surface area contributed by atoms with E-state index in [0.29, 0.717) is 23.7 Å². The molecule has 0 unspecified atom stereocenters. The topological polar surface area (TPSA) is 75.7 Å². The summed E-state index contributed by atoms with van der Waals surface area (Å²) in [6.45, 7) is 1.95. The molecule has 0 fully saturated rings. The molecule has 156 valence electrons. The van der Waals surface area contributed by atoms with Crippen molar-refractivity contribution in [3.8, 4) is 16.9 Å². The molecule has 0 heterocycles. The van der Waals surface area contributed by atoms with E-state index in [4.69, 9.17) is 4.74 Å². The zero-order valence-corrected chi connectivity index (χ0v) is 17.7. The van der Waals surface area contributed by atoms with E-state index < -0.39 is 15.9 Å². The molecule has 0 saturated heterocycles. The average Bonchev–Trinajstić information content (AvgIpc) is 2.73. The SMILES string of the molecule is CCOc1cccc(N(CC(=O)Nc2ccccc2-c2ccccc2)S(C)(=O)=O)c1. The highest BCUT2D eigenvalue weighted by Crippen LogP contribution is 2.28. The van der Waals surface area contributed by atoms with Gasteiger partial charge >= 0.3 is 0 Å². The molecule has 3 aromatic carbocycles. The summed E-state index contributed by atoms with van der Waals surface area (Å²) in [4.78, 5) is 12.8. The molecule has 0 bridgehead atoms. The third-order valence-electron chi connectivity index (χ3n) is 4.39. The van der Waals surface area contributed by atoms with E-state index in [1.165, 1.54) is 0 Å². The van der Waals surface area contributed by atoms with Crippen molar-refractivity contribution in [2.45, 2.75) is 6.92 Å². The van der Waals surface area contributed by atoms with Crippen LogP contribution in [0.5, 0.6) is 5.75 Å². The van der Waals surface area contributed by atoms with Gasteiger partial charge in [0.25, 0.3) is 0 Å². The molecule has 0 aliphatic heterocycles. The lowest BCUT2D eigenvalue weighted by molar-refractivity contribution is -0.114. The Hall–Kier alpha value is -3.32. The van der Waals surface area contributed by atoms with E-state index in [-0.39, 0.29) is 6.54 Å². The first-order valence-electron chi connectivity index (χ1n) is 9.53. The van der Waals surface area contributed by atoms with Crippen molar-refractivity contribution in [1.82, 2.24) is 0 Å². The number of benzene rings is 3. The second kappa shape index (κ2) is 9.45. The lowest BCUT2D eigenvalue weighted by Crippen LogP contribution is -2.37. The van der Waals surface area contributed by atoms with Crippen LogP contribution >= 0.6 is 0 Å². The summed E-state index contributed by atoms with van der Waals surface area (Å²) < 4.78 is 31.3. The standard InChI is InChI=1S/C23H24N2O4S/c1-3-29-20-13-9-12-19(16-20)25(30(2,27)28)17-23(26)24-22-15-8-7-14-21(22)18-10-5-4-6-11-18/h4-16H,3,17H2,1-2H3,(H,24,26). The van der Waals surface area contributed by atoms with Crippen LogP contribution in [-0.4, -0.2) is 33.7 Å². The van der Waals surface area contributed by atoms with Crippen molar-refractivity contribution < 1.29 is 17.9 Å². The number of carbonyl (C=O) groups is 1. The predicted octanol–water partition coefficient (Wildman–Crippen LogP) is 4.16. The summed E-state index contributed by atoms with van der Waals surface area (Å²) in [7, 11) is -3.68. The van der Waals surface area contributed by atoms with Gasteiger partial charge in [-0.05, 0) is 30.7 Å². The van der Waals surface area contributed by atoms with E-state index in [1.54, 1.807) is 30.3 Å². The van der Waals surface area contributed by atoms with Gasteiger partial charge in [0.05, 0.1) is 18.6 Å². The van der Waals surface area contributed by atoms with Crippen LogP contribution in [0.1, 0.15) is 6.92 Å². The van der Waals surface area contributed by atoms with Crippen molar-refractivity contribution in [2.24, 2.45) is 0 Å². The summed E-state index contributed by atoms with van der Waals surface area (Å²) in [5.41, 5.74) is 2.80. The molecule has 30 heavy (non-hydrogen) atoms. The Kier molecular flexibility index (Phi) is 6.74. The molecule has 0 aliphatic rings. The number of hydrogen-bond acceptors (Lipinski definition) is 4. The normalized spacial score (nSPS) is 11.0. The Morgan fingerprint density at radius 3 is 2.37 bits per heavy atom. The second-order valence-corrected chi connectivity index (χ2v) is 8.57. The summed E-state index contributed by atoms with van der Waals surface area (Å²) in [5.74, 6) is 0.101. The first-order valence-corrected chi connectivity index (χ1v) is 11.4. The number of ether oxygens (including phenoxy) is 1. The van der Waals surface area contributed by atoms with Crippen molar-refractivity contribution in [3.05, 3.63) is 78.9 Å². The fourth-order valence-electron chi connectivity index (χ4n) is 3.08. The Labute approximate surface area is 177 Å². The molecule has 0 radical (unpaired) electrons. The maximum absolute atomic E-state index is 12.8. The molecule has 6 nitrogen and oxygen atoms in total. The molecule has 7 heteroatoms. The molecular weight excluding hydrogens is 400 g/mol. The summed E-state index contributed by atoms with van der Waals surface area (Å²) >= 11 is 0. The van der Waals surface area contributed by atoms with Gasteiger partial charge in [-0.15, -0.1) is 0 Å². The molecule has 3 aromatic rings. The summed E-state index contributed by atoms with van der Waals surface area (Å²) in [6, 6.07) is 23.8. The number of amides is 1. The average molecular weight is 425 g/mol. The zero-order chi connectivity index (χ0) is 21.6. The first kappa shape index (κ1) is 21.4. The quantitative estimate of drug-likeness (QED) is 0.589. The number of sulfonamides is 1. The minimum absolute atomic E-state index is 0.350. The monoisotopic (exact) mass is 424 g/mol. The van der Waals surface area contributed by atoms with E-state index in [2.05, 4.69) is 5.32 Å². The highest BCUT2D eigenvalue weighted by molar-refractivity contribution is 7.92. The fourth-order valence-corrected chi connectivity index (χ4v) is 3.93. The smallest absolute Gasteiger partial charge is 0.245 e. The van der Waals surface area contributed by atoms with Gasteiger partial charge in [-0.3, -0.25) is 9.10 Å². The highest BCUT2D eigenvalue weighted by Gasteiger charge is 2.22. The third-order valence-corrected chi connectivity index (χ3v) is 5.53. The Morgan fingerprint density at radius 2 is 1.67 bits per heavy atom. The largest absolute Gasteiger partial charge is 0.494 e. The van der Waals surface area contributed by atoms with E-state index >= 15 is 0 Å². The number of carbonyl (C=O) groups excluding carboxylic acids is 1.